The standard InChI is InChI=1S/C34H39N7O4/c1-5-10-25-22-36-41(33(43)45-34(2,3)4)29(25)15-9-16-35-32-27-13-6-7-14-28(27)38-31(39-32)24-11-8-12-26(21-24)37-30(42)23-40-17-19-44-20-18-40/h5-9,11-15,21-22H,1,10,16-20,23H2,2-4H3,(H,37,42)(H,35,38,39). The average Bonchev–Trinajstić information content (AvgIpc) is 3.41. The van der Waals surface area contributed by atoms with Gasteiger partial charge in [-0.15, -0.1) is 6.58 Å². The second-order valence-electron chi connectivity index (χ2n) is 11.7. The summed E-state index contributed by atoms with van der Waals surface area (Å²) in [6.07, 6.45) is 7.19. The SMILES string of the molecule is C=CCc1cnn(C(=O)OC(C)(C)C)c1C=CCNc1nc(-c2cccc(NC(=O)CN3CCOCC3)c2)nc2ccccc12. The molecule has 3 heterocycles. The van der Waals surface area contributed by atoms with Crippen molar-refractivity contribution in [3.63, 3.8) is 0 Å². The molecule has 4 aromatic rings. The molecule has 0 atom stereocenters. The number of hydrogen-bond donors (Lipinski definition) is 2. The fourth-order valence-electron chi connectivity index (χ4n) is 4.90. The summed E-state index contributed by atoms with van der Waals surface area (Å²) in [5, 5.41) is 11.5. The zero-order valence-electron chi connectivity index (χ0n) is 26.0. The topological polar surface area (TPSA) is 124 Å². The van der Waals surface area contributed by atoms with E-state index in [2.05, 4.69) is 27.2 Å². The van der Waals surface area contributed by atoms with E-state index < -0.39 is 11.7 Å². The van der Waals surface area contributed by atoms with Gasteiger partial charge in [0.2, 0.25) is 5.91 Å². The summed E-state index contributed by atoms with van der Waals surface area (Å²) < 4.78 is 12.2. The van der Waals surface area contributed by atoms with E-state index >= 15 is 0 Å². The number of benzene rings is 2. The highest BCUT2D eigenvalue weighted by molar-refractivity contribution is 5.93. The first-order valence-electron chi connectivity index (χ1n) is 15.0. The Morgan fingerprint density at radius 2 is 1.89 bits per heavy atom. The van der Waals surface area contributed by atoms with Crippen molar-refractivity contribution in [2.75, 3.05) is 50.0 Å². The molecule has 1 amide bonds. The maximum Gasteiger partial charge on any atom is 0.435 e. The van der Waals surface area contributed by atoms with Crippen LogP contribution in [-0.2, 0) is 20.7 Å². The number of fused-ring (bicyclic) bond motifs is 1. The Labute approximate surface area is 263 Å². The number of nitrogens with one attached hydrogen (secondary N) is 2. The molecule has 1 aliphatic rings. The van der Waals surface area contributed by atoms with Gasteiger partial charge >= 0.3 is 6.09 Å². The Balaban J connectivity index is 1.34. The van der Waals surface area contributed by atoms with Crippen LogP contribution in [0.25, 0.3) is 28.4 Å². The summed E-state index contributed by atoms with van der Waals surface area (Å²) in [4.78, 5) is 37.2. The summed E-state index contributed by atoms with van der Waals surface area (Å²) >= 11 is 0. The Bertz CT molecular complexity index is 1700. The summed E-state index contributed by atoms with van der Waals surface area (Å²) in [6, 6.07) is 15.3. The van der Waals surface area contributed by atoms with Gasteiger partial charge in [0, 0.05) is 41.8 Å². The van der Waals surface area contributed by atoms with Crippen LogP contribution in [0.15, 0.2) is 73.5 Å². The fourth-order valence-corrected chi connectivity index (χ4v) is 4.90. The molecule has 0 bridgehead atoms. The van der Waals surface area contributed by atoms with Crippen molar-refractivity contribution >= 4 is 40.5 Å². The van der Waals surface area contributed by atoms with E-state index in [0.717, 1.165) is 35.1 Å². The predicted molar refractivity (Wildman–Crippen MR) is 176 cm³/mol. The van der Waals surface area contributed by atoms with Gasteiger partial charge in [0.15, 0.2) is 5.82 Å². The van der Waals surface area contributed by atoms with Gasteiger partial charge < -0.3 is 20.1 Å². The lowest BCUT2D eigenvalue weighted by Crippen LogP contribution is -2.41. The number of aromatic nitrogens is 4. The molecule has 1 aliphatic heterocycles. The molecule has 11 heteroatoms. The van der Waals surface area contributed by atoms with Gasteiger partial charge in [0.25, 0.3) is 0 Å². The molecule has 45 heavy (non-hydrogen) atoms. The van der Waals surface area contributed by atoms with Crippen molar-refractivity contribution in [3.05, 3.63) is 84.7 Å². The molecule has 2 aromatic carbocycles. The number of para-hydroxylation sites is 1. The van der Waals surface area contributed by atoms with Crippen LogP contribution in [0.5, 0.6) is 0 Å². The Hall–Kier alpha value is -4.87. The van der Waals surface area contributed by atoms with Gasteiger partial charge in [0.05, 0.1) is 37.2 Å². The number of anilines is 2. The zero-order valence-corrected chi connectivity index (χ0v) is 26.0. The molecule has 5 rings (SSSR count). The molecule has 2 N–H and O–H groups in total. The number of rotatable bonds is 10. The van der Waals surface area contributed by atoms with Crippen LogP contribution in [-0.4, -0.2) is 81.6 Å². The predicted octanol–water partition coefficient (Wildman–Crippen LogP) is 5.40. The van der Waals surface area contributed by atoms with Crippen LogP contribution < -0.4 is 10.6 Å². The smallest absolute Gasteiger partial charge is 0.435 e. The van der Waals surface area contributed by atoms with Gasteiger partial charge in [-0.25, -0.2) is 14.8 Å². The lowest BCUT2D eigenvalue weighted by Gasteiger charge is -2.25. The first-order chi connectivity index (χ1) is 21.7. The number of hydrogen-bond acceptors (Lipinski definition) is 9. The molecule has 1 fully saturated rings. The van der Waals surface area contributed by atoms with Crippen molar-refractivity contribution in [2.24, 2.45) is 0 Å². The number of allylic oxidation sites excluding steroid dienone is 1. The second-order valence-corrected chi connectivity index (χ2v) is 11.7. The van der Waals surface area contributed by atoms with Crippen LogP contribution in [0.2, 0.25) is 0 Å². The van der Waals surface area contributed by atoms with Crippen molar-refractivity contribution in [1.29, 1.82) is 0 Å². The maximum atomic E-state index is 12.8. The second kappa shape index (κ2) is 14.3. The van der Waals surface area contributed by atoms with Gasteiger partial charge in [-0.2, -0.15) is 9.78 Å². The highest BCUT2D eigenvalue weighted by Gasteiger charge is 2.21. The third-order valence-electron chi connectivity index (χ3n) is 6.96. The maximum absolute atomic E-state index is 12.8. The average molecular weight is 610 g/mol. The van der Waals surface area contributed by atoms with E-state index in [0.29, 0.717) is 55.7 Å². The van der Waals surface area contributed by atoms with Crippen LogP contribution in [0, 0.1) is 0 Å². The van der Waals surface area contributed by atoms with Gasteiger partial charge in [-0.1, -0.05) is 36.4 Å². The van der Waals surface area contributed by atoms with E-state index in [1.807, 2.05) is 81.5 Å². The van der Waals surface area contributed by atoms with Crippen molar-refractivity contribution in [1.82, 2.24) is 24.6 Å². The summed E-state index contributed by atoms with van der Waals surface area (Å²) in [6.45, 7) is 12.8. The summed E-state index contributed by atoms with van der Waals surface area (Å²) in [5.74, 6) is 1.11. The van der Waals surface area contributed by atoms with Gasteiger partial charge in [-0.3, -0.25) is 9.69 Å². The highest BCUT2D eigenvalue weighted by atomic mass is 16.6. The van der Waals surface area contributed by atoms with Gasteiger partial charge in [0.1, 0.15) is 11.4 Å². The fraction of sp³-hybridized carbons (Fsp3) is 0.324. The molecule has 2 aromatic heterocycles. The first-order valence-corrected chi connectivity index (χ1v) is 15.0. The molecule has 0 saturated carbocycles. The van der Waals surface area contributed by atoms with E-state index in [-0.39, 0.29) is 5.91 Å². The molecule has 0 aliphatic carbocycles. The minimum absolute atomic E-state index is 0.0770. The van der Waals surface area contributed by atoms with Crippen molar-refractivity contribution < 1.29 is 19.1 Å². The van der Waals surface area contributed by atoms with Crippen LogP contribution >= 0.6 is 0 Å². The molecule has 0 spiro atoms. The number of ether oxygens (including phenoxy) is 2. The van der Waals surface area contributed by atoms with Crippen molar-refractivity contribution in [3.8, 4) is 11.4 Å². The Kier molecular flexibility index (Phi) is 10.0. The number of carbonyl (C=O) groups is 2. The molecule has 0 unspecified atom stereocenters. The van der Waals surface area contributed by atoms with Crippen LogP contribution in [0.3, 0.4) is 0 Å². The molecular formula is C34H39N7O4. The van der Waals surface area contributed by atoms with E-state index in [1.165, 1.54) is 4.68 Å². The minimum Gasteiger partial charge on any atom is -0.442 e. The van der Waals surface area contributed by atoms with Crippen LogP contribution in [0.4, 0.5) is 16.3 Å². The summed E-state index contributed by atoms with van der Waals surface area (Å²) in [7, 11) is 0. The molecule has 234 valence electrons. The quantitative estimate of drug-likeness (QED) is 0.228. The zero-order chi connectivity index (χ0) is 31.8. The molecular weight excluding hydrogens is 570 g/mol. The summed E-state index contributed by atoms with van der Waals surface area (Å²) in [5.41, 5.74) is 3.08. The number of nitrogens with zero attached hydrogens (tertiary/aromatic N) is 5. The Morgan fingerprint density at radius 1 is 1.09 bits per heavy atom. The van der Waals surface area contributed by atoms with Crippen molar-refractivity contribution in [2.45, 2.75) is 32.8 Å². The number of morpholine rings is 1. The third kappa shape index (κ3) is 8.40. The molecule has 1 saturated heterocycles. The third-order valence-corrected chi connectivity index (χ3v) is 6.96. The van der Waals surface area contributed by atoms with E-state index in [4.69, 9.17) is 19.4 Å². The van der Waals surface area contributed by atoms with E-state index in [1.54, 1.807) is 12.3 Å². The van der Waals surface area contributed by atoms with Gasteiger partial charge in [-0.05, 0) is 57.5 Å². The number of carbonyl (C=O) groups excluding carboxylic acids is 2. The molecule has 11 nitrogen and oxygen atoms in total. The monoisotopic (exact) mass is 609 g/mol. The lowest BCUT2D eigenvalue weighted by atomic mass is 10.1. The largest absolute Gasteiger partial charge is 0.442 e. The van der Waals surface area contributed by atoms with Crippen LogP contribution in [0.1, 0.15) is 32.0 Å². The van der Waals surface area contributed by atoms with E-state index in [9.17, 15) is 9.59 Å². The normalized spacial score (nSPS) is 14.0. The minimum atomic E-state index is -0.649. The lowest BCUT2D eigenvalue weighted by molar-refractivity contribution is -0.118. The highest BCUT2D eigenvalue weighted by Crippen LogP contribution is 2.26. The number of amides is 1. The Morgan fingerprint density at radius 3 is 2.67 bits per heavy atom. The molecule has 0 radical (unpaired) electrons. The first kappa shape index (κ1) is 31.6.